The van der Waals surface area contributed by atoms with Gasteiger partial charge >= 0.3 is 0 Å². The molecule has 0 amide bonds. The quantitative estimate of drug-likeness (QED) is 0.303. The van der Waals surface area contributed by atoms with E-state index in [2.05, 4.69) is 64.7 Å². The van der Waals surface area contributed by atoms with Gasteiger partial charge in [0.05, 0.1) is 0 Å². The Balaban J connectivity index is 0.00000400. The van der Waals surface area contributed by atoms with Gasteiger partial charge in [-0.05, 0) is 31.9 Å². The number of hydrogen-bond donors (Lipinski definition) is 2. The number of para-hydroxylation sites is 1. The van der Waals surface area contributed by atoms with Gasteiger partial charge in [-0.25, -0.2) is 0 Å². The zero-order chi connectivity index (χ0) is 14.6. The summed E-state index contributed by atoms with van der Waals surface area (Å²) in [6.07, 6.45) is 2.20. The highest BCUT2D eigenvalue weighted by Crippen LogP contribution is 2.12. The molecule has 0 aliphatic carbocycles. The second-order valence-corrected chi connectivity index (χ2v) is 4.69. The average molecular weight is 404 g/mol. The van der Waals surface area contributed by atoms with Crippen LogP contribution in [0.5, 0.6) is 0 Å². The summed E-state index contributed by atoms with van der Waals surface area (Å²) in [4.78, 5) is 6.59. The van der Waals surface area contributed by atoms with Crippen LogP contribution >= 0.6 is 24.0 Å². The Kier molecular flexibility index (Phi) is 12.1. The van der Waals surface area contributed by atoms with Crippen molar-refractivity contribution in [3.05, 3.63) is 30.3 Å². The van der Waals surface area contributed by atoms with Gasteiger partial charge in [0.15, 0.2) is 5.96 Å². The molecule has 0 unspecified atom stereocenters. The molecular weight excluding hydrogens is 375 g/mol. The first-order valence-electron chi connectivity index (χ1n) is 7.56. The Hall–Kier alpha value is -0.980. The second kappa shape index (κ2) is 12.7. The fourth-order valence-electron chi connectivity index (χ4n) is 2.05. The van der Waals surface area contributed by atoms with Crippen molar-refractivity contribution in [2.24, 2.45) is 4.99 Å². The van der Waals surface area contributed by atoms with Gasteiger partial charge in [0.25, 0.3) is 0 Å². The lowest BCUT2D eigenvalue weighted by Crippen LogP contribution is -2.39. The Morgan fingerprint density at radius 2 is 1.76 bits per heavy atom. The SMILES string of the molecule is CCCNC(=NC)NCCCN(CC)c1ccccc1.I. The predicted molar refractivity (Wildman–Crippen MR) is 104 cm³/mol. The van der Waals surface area contributed by atoms with Crippen LogP contribution in [-0.4, -0.2) is 39.2 Å². The lowest BCUT2D eigenvalue weighted by molar-refractivity contribution is 0.706. The maximum atomic E-state index is 4.20. The first-order chi connectivity index (χ1) is 9.81. The van der Waals surface area contributed by atoms with Gasteiger partial charge in [-0.1, -0.05) is 25.1 Å². The monoisotopic (exact) mass is 404 g/mol. The Morgan fingerprint density at radius 1 is 1.10 bits per heavy atom. The van der Waals surface area contributed by atoms with E-state index >= 15 is 0 Å². The van der Waals surface area contributed by atoms with Gasteiger partial charge in [-0.2, -0.15) is 0 Å². The highest BCUT2D eigenvalue weighted by molar-refractivity contribution is 14.0. The summed E-state index contributed by atoms with van der Waals surface area (Å²) in [5.74, 6) is 0.898. The Bertz CT molecular complexity index is 381. The number of benzene rings is 1. The van der Waals surface area contributed by atoms with Gasteiger partial charge in [0.2, 0.25) is 0 Å². The van der Waals surface area contributed by atoms with E-state index < -0.39 is 0 Å². The van der Waals surface area contributed by atoms with Crippen LogP contribution in [-0.2, 0) is 0 Å². The Morgan fingerprint density at radius 3 is 2.33 bits per heavy atom. The fraction of sp³-hybridized carbons (Fsp3) is 0.562. The summed E-state index contributed by atoms with van der Waals surface area (Å²) in [7, 11) is 1.81. The molecule has 4 nitrogen and oxygen atoms in total. The van der Waals surface area contributed by atoms with Crippen molar-refractivity contribution < 1.29 is 0 Å². The largest absolute Gasteiger partial charge is 0.372 e. The molecule has 1 rings (SSSR count). The smallest absolute Gasteiger partial charge is 0.190 e. The summed E-state index contributed by atoms with van der Waals surface area (Å²) in [6.45, 7) is 8.34. The van der Waals surface area contributed by atoms with Crippen molar-refractivity contribution in [1.29, 1.82) is 0 Å². The fourth-order valence-corrected chi connectivity index (χ4v) is 2.05. The van der Waals surface area contributed by atoms with Crippen molar-refractivity contribution in [2.45, 2.75) is 26.7 Å². The molecule has 0 aliphatic heterocycles. The number of rotatable bonds is 8. The third-order valence-electron chi connectivity index (χ3n) is 3.17. The van der Waals surface area contributed by atoms with Gasteiger partial charge in [-0.15, -0.1) is 24.0 Å². The molecular formula is C16H29IN4. The average Bonchev–Trinajstić information content (AvgIpc) is 2.51. The van der Waals surface area contributed by atoms with Crippen molar-refractivity contribution in [1.82, 2.24) is 10.6 Å². The van der Waals surface area contributed by atoms with Crippen molar-refractivity contribution >= 4 is 35.6 Å². The maximum Gasteiger partial charge on any atom is 0.190 e. The van der Waals surface area contributed by atoms with Crippen molar-refractivity contribution in [3.8, 4) is 0 Å². The van der Waals surface area contributed by atoms with E-state index in [1.54, 1.807) is 0 Å². The van der Waals surface area contributed by atoms with Crippen LogP contribution in [0.4, 0.5) is 5.69 Å². The molecule has 2 N–H and O–H groups in total. The number of halogens is 1. The van der Waals surface area contributed by atoms with Crippen LogP contribution < -0.4 is 15.5 Å². The van der Waals surface area contributed by atoms with Crippen LogP contribution in [0.1, 0.15) is 26.7 Å². The first-order valence-corrected chi connectivity index (χ1v) is 7.56. The zero-order valence-electron chi connectivity index (χ0n) is 13.4. The maximum absolute atomic E-state index is 4.20. The Labute approximate surface area is 146 Å². The highest BCUT2D eigenvalue weighted by Gasteiger charge is 2.03. The first kappa shape index (κ1) is 20.0. The second-order valence-electron chi connectivity index (χ2n) is 4.69. The molecule has 120 valence electrons. The van der Waals surface area contributed by atoms with Crippen LogP contribution in [0.15, 0.2) is 35.3 Å². The molecule has 1 aromatic carbocycles. The van der Waals surface area contributed by atoms with E-state index in [-0.39, 0.29) is 24.0 Å². The molecule has 0 spiro atoms. The molecule has 0 radical (unpaired) electrons. The van der Waals surface area contributed by atoms with Crippen LogP contribution in [0.3, 0.4) is 0 Å². The van der Waals surface area contributed by atoms with Crippen molar-refractivity contribution in [2.75, 3.05) is 38.1 Å². The lowest BCUT2D eigenvalue weighted by atomic mass is 10.2. The molecule has 21 heavy (non-hydrogen) atoms. The molecule has 0 atom stereocenters. The van der Waals surface area contributed by atoms with Crippen molar-refractivity contribution in [3.63, 3.8) is 0 Å². The lowest BCUT2D eigenvalue weighted by Gasteiger charge is -2.23. The van der Waals surface area contributed by atoms with E-state index in [1.165, 1.54) is 5.69 Å². The highest BCUT2D eigenvalue weighted by atomic mass is 127. The summed E-state index contributed by atoms with van der Waals surface area (Å²) in [5.41, 5.74) is 1.29. The number of guanidine groups is 1. The van der Waals surface area contributed by atoms with Gasteiger partial charge in [0, 0.05) is 38.9 Å². The number of nitrogens with zero attached hydrogens (tertiary/aromatic N) is 2. The van der Waals surface area contributed by atoms with Gasteiger partial charge < -0.3 is 15.5 Å². The van der Waals surface area contributed by atoms with Gasteiger partial charge in [0.1, 0.15) is 0 Å². The number of aliphatic imine (C=N–C) groups is 1. The third kappa shape index (κ3) is 8.14. The van der Waals surface area contributed by atoms with E-state index in [4.69, 9.17) is 0 Å². The standard InChI is InChI=1S/C16H28N4.HI/c1-4-12-18-16(17-3)19-13-9-14-20(5-2)15-10-7-6-8-11-15;/h6-8,10-11H,4-5,9,12-14H2,1-3H3,(H2,17,18,19);1H. The van der Waals surface area contributed by atoms with E-state index in [9.17, 15) is 0 Å². The summed E-state index contributed by atoms with van der Waals surface area (Å²) in [5, 5.41) is 6.63. The molecule has 0 bridgehead atoms. The molecule has 0 aliphatic rings. The minimum absolute atomic E-state index is 0. The van der Waals surface area contributed by atoms with E-state index in [0.29, 0.717) is 0 Å². The predicted octanol–water partition coefficient (Wildman–Crippen LogP) is 3.10. The number of nitrogens with one attached hydrogen (secondary N) is 2. The number of hydrogen-bond acceptors (Lipinski definition) is 2. The molecule has 0 fully saturated rings. The zero-order valence-corrected chi connectivity index (χ0v) is 15.8. The summed E-state index contributed by atoms with van der Waals surface area (Å²) >= 11 is 0. The normalized spacial score (nSPS) is 10.7. The molecule has 1 aromatic rings. The molecule has 5 heteroatoms. The summed E-state index contributed by atoms with van der Waals surface area (Å²) < 4.78 is 0. The van der Waals surface area contributed by atoms with Crippen LogP contribution in [0.2, 0.25) is 0 Å². The molecule has 0 aromatic heterocycles. The topological polar surface area (TPSA) is 39.7 Å². The molecule has 0 heterocycles. The number of anilines is 1. The molecule has 0 saturated heterocycles. The minimum atomic E-state index is 0. The minimum Gasteiger partial charge on any atom is -0.372 e. The summed E-state index contributed by atoms with van der Waals surface area (Å²) in [6, 6.07) is 10.6. The van der Waals surface area contributed by atoms with E-state index in [0.717, 1.165) is 45.0 Å². The van der Waals surface area contributed by atoms with Crippen LogP contribution in [0.25, 0.3) is 0 Å². The van der Waals surface area contributed by atoms with Crippen LogP contribution in [0, 0.1) is 0 Å². The third-order valence-corrected chi connectivity index (χ3v) is 3.17. The van der Waals surface area contributed by atoms with Gasteiger partial charge in [-0.3, -0.25) is 4.99 Å². The van der Waals surface area contributed by atoms with E-state index in [1.807, 2.05) is 7.05 Å². The molecule has 0 saturated carbocycles.